The zero-order valence-corrected chi connectivity index (χ0v) is 12.7. The molecule has 0 bridgehead atoms. The Morgan fingerprint density at radius 1 is 0.857 bits per heavy atom. The predicted octanol–water partition coefficient (Wildman–Crippen LogP) is 6.59. The number of benzene rings is 3. The summed E-state index contributed by atoms with van der Waals surface area (Å²) in [6.07, 6.45) is 4.87. The fraction of sp³-hybridized carbons (Fsp3) is 0.238. The highest BCUT2D eigenvalue weighted by atomic mass is 14.1. The molecule has 0 saturated carbocycles. The van der Waals surface area contributed by atoms with Gasteiger partial charge in [-0.05, 0) is 57.7 Å². The Hall–Kier alpha value is -2.08. The molecule has 0 nitrogen and oxygen atoms in total. The van der Waals surface area contributed by atoms with Gasteiger partial charge in [0.05, 0.1) is 0 Å². The molecule has 3 rings (SSSR count). The molecule has 0 unspecified atom stereocenters. The molecule has 0 heterocycles. The lowest BCUT2D eigenvalue weighted by molar-refractivity contribution is 0.736. The smallest absolute Gasteiger partial charge is 0.0102 e. The van der Waals surface area contributed by atoms with Gasteiger partial charge in [-0.1, -0.05) is 68.8 Å². The first-order valence-corrected chi connectivity index (χ1v) is 7.89. The van der Waals surface area contributed by atoms with Crippen LogP contribution in [0, 0.1) is 0 Å². The average molecular weight is 274 g/mol. The van der Waals surface area contributed by atoms with E-state index in [1.165, 1.54) is 51.9 Å². The highest BCUT2D eigenvalue weighted by Crippen LogP contribution is 2.30. The van der Waals surface area contributed by atoms with Crippen LogP contribution in [-0.2, 0) is 0 Å². The highest BCUT2D eigenvalue weighted by molar-refractivity contribution is 6.02. The van der Waals surface area contributed by atoms with Crippen molar-refractivity contribution in [2.24, 2.45) is 0 Å². The zero-order chi connectivity index (χ0) is 14.7. The van der Waals surface area contributed by atoms with Crippen LogP contribution in [0.4, 0.5) is 0 Å². The van der Waals surface area contributed by atoms with Crippen molar-refractivity contribution in [3.63, 3.8) is 0 Å². The van der Waals surface area contributed by atoms with E-state index in [0.717, 1.165) is 6.42 Å². The van der Waals surface area contributed by atoms with E-state index in [0.29, 0.717) is 0 Å². The van der Waals surface area contributed by atoms with E-state index in [9.17, 15) is 0 Å². The predicted molar refractivity (Wildman–Crippen MR) is 94.6 cm³/mol. The summed E-state index contributed by atoms with van der Waals surface area (Å²) in [5.41, 5.74) is 2.58. The molecule has 0 amide bonds. The third-order valence-corrected chi connectivity index (χ3v) is 4.21. The minimum absolute atomic E-state index is 1.10. The third-order valence-electron chi connectivity index (χ3n) is 4.21. The van der Waals surface area contributed by atoms with Crippen LogP contribution in [0.15, 0.2) is 61.2 Å². The Morgan fingerprint density at radius 2 is 1.57 bits per heavy atom. The largest absolute Gasteiger partial charge is 0.0952 e. The lowest BCUT2D eigenvalue weighted by Crippen LogP contribution is -1.87. The van der Waals surface area contributed by atoms with Gasteiger partial charge in [-0.3, -0.25) is 0 Å². The lowest BCUT2D eigenvalue weighted by Gasteiger charge is -2.11. The molecule has 106 valence electrons. The molecule has 0 aliphatic carbocycles. The maximum atomic E-state index is 4.33. The van der Waals surface area contributed by atoms with Crippen LogP contribution in [-0.4, -0.2) is 0 Å². The van der Waals surface area contributed by atoms with Gasteiger partial charge in [-0.25, -0.2) is 0 Å². The van der Waals surface area contributed by atoms with Crippen molar-refractivity contribution in [2.75, 3.05) is 0 Å². The van der Waals surface area contributed by atoms with Crippen LogP contribution in [0.3, 0.4) is 0 Å². The number of unbranched alkanes of at least 4 members (excludes halogenated alkanes) is 2. The van der Waals surface area contributed by atoms with Crippen molar-refractivity contribution in [1.29, 1.82) is 0 Å². The summed E-state index contributed by atoms with van der Waals surface area (Å²) in [5, 5.41) is 5.25. The van der Waals surface area contributed by atoms with Crippen LogP contribution in [0.1, 0.15) is 38.2 Å². The standard InChI is InChI=1S/C21H22/c1-3-4-5-9-16(2)20-13-8-12-19-14-17-10-6-7-11-18(17)15-21(19)20/h6-8,10-15H,2-5,9H2,1H3. The molecule has 3 aromatic carbocycles. The van der Waals surface area contributed by atoms with Gasteiger partial charge in [0.2, 0.25) is 0 Å². The topological polar surface area (TPSA) is 0 Å². The van der Waals surface area contributed by atoms with Crippen LogP contribution in [0.2, 0.25) is 0 Å². The Bertz CT molecular complexity index is 780. The molecule has 0 radical (unpaired) electrons. The Kier molecular flexibility index (Phi) is 4.06. The van der Waals surface area contributed by atoms with Crippen molar-refractivity contribution < 1.29 is 0 Å². The van der Waals surface area contributed by atoms with Crippen molar-refractivity contribution in [3.8, 4) is 0 Å². The van der Waals surface area contributed by atoms with Crippen molar-refractivity contribution >= 4 is 27.1 Å². The van der Waals surface area contributed by atoms with E-state index in [4.69, 9.17) is 0 Å². The minimum atomic E-state index is 1.10. The van der Waals surface area contributed by atoms with Gasteiger partial charge in [0, 0.05) is 0 Å². The molecule has 0 aliphatic rings. The van der Waals surface area contributed by atoms with Crippen LogP contribution < -0.4 is 0 Å². The maximum absolute atomic E-state index is 4.33. The quantitative estimate of drug-likeness (QED) is 0.364. The third kappa shape index (κ3) is 2.85. The number of hydrogen-bond donors (Lipinski definition) is 0. The first kappa shape index (κ1) is 13.9. The summed E-state index contributed by atoms with van der Waals surface area (Å²) < 4.78 is 0. The summed E-state index contributed by atoms with van der Waals surface area (Å²) in [6.45, 7) is 6.57. The second kappa shape index (κ2) is 6.13. The second-order valence-corrected chi connectivity index (χ2v) is 5.79. The number of fused-ring (bicyclic) bond motifs is 2. The van der Waals surface area contributed by atoms with Gasteiger partial charge < -0.3 is 0 Å². The molecule has 0 aliphatic heterocycles. The van der Waals surface area contributed by atoms with Gasteiger partial charge in [-0.2, -0.15) is 0 Å². The average Bonchev–Trinajstić information content (AvgIpc) is 2.52. The highest BCUT2D eigenvalue weighted by Gasteiger charge is 2.06. The Labute approximate surface area is 127 Å². The van der Waals surface area contributed by atoms with E-state index in [1.54, 1.807) is 0 Å². The van der Waals surface area contributed by atoms with Crippen LogP contribution >= 0.6 is 0 Å². The second-order valence-electron chi connectivity index (χ2n) is 5.79. The normalized spacial score (nSPS) is 11.1. The van der Waals surface area contributed by atoms with Gasteiger partial charge >= 0.3 is 0 Å². The number of hydrogen-bond acceptors (Lipinski definition) is 0. The first-order chi connectivity index (χ1) is 10.3. The number of allylic oxidation sites excluding steroid dienone is 1. The SMILES string of the molecule is C=C(CCCCC)c1cccc2cc3ccccc3cc12. The Morgan fingerprint density at radius 3 is 2.33 bits per heavy atom. The summed E-state index contributed by atoms with van der Waals surface area (Å²) in [5.74, 6) is 0. The summed E-state index contributed by atoms with van der Waals surface area (Å²) in [7, 11) is 0. The molecule has 0 saturated heterocycles. The molecular weight excluding hydrogens is 252 g/mol. The van der Waals surface area contributed by atoms with E-state index < -0.39 is 0 Å². The van der Waals surface area contributed by atoms with Gasteiger partial charge in [0.15, 0.2) is 0 Å². The number of rotatable bonds is 5. The molecule has 3 aromatic rings. The molecule has 21 heavy (non-hydrogen) atoms. The molecule has 0 spiro atoms. The van der Waals surface area contributed by atoms with Crippen molar-refractivity contribution in [2.45, 2.75) is 32.6 Å². The fourth-order valence-corrected chi connectivity index (χ4v) is 3.00. The molecule has 0 N–H and O–H groups in total. The van der Waals surface area contributed by atoms with E-state index in [2.05, 4.69) is 68.1 Å². The van der Waals surface area contributed by atoms with Crippen molar-refractivity contribution in [3.05, 3.63) is 66.7 Å². The molecular formula is C21H22. The zero-order valence-electron chi connectivity index (χ0n) is 12.7. The summed E-state index contributed by atoms with van der Waals surface area (Å²) in [6, 6.07) is 19.7. The van der Waals surface area contributed by atoms with Gasteiger partial charge in [-0.15, -0.1) is 0 Å². The fourth-order valence-electron chi connectivity index (χ4n) is 3.00. The van der Waals surface area contributed by atoms with Gasteiger partial charge in [0.25, 0.3) is 0 Å². The summed E-state index contributed by atoms with van der Waals surface area (Å²) in [4.78, 5) is 0. The molecule has 0 aromatic heterocycles. The van der Waals surface area contributed by atoms with E-state index in [1.807, 2.05) is 0 Å². The first-order valence-electron chi connectivity index (χ1n) is 7.89. The van der Waals surface area contributed by atoms with Crippen LogP contribution in [0.25, 0.3) is 27.1 Å². The lowest BCUT2D eigenvalue weighted by atomic mass is 9.94. The summed E-state index contributed by atoms with van der Waals surface area (Å²) >= 11 is 0. The molecule has 0 fully saturated rings. The van der Waals surface area contributed by atoms with Gasteiger partial charge in [0.1, 0.15) is 0 Å². The monoisotopic (exact) mass is 274 g/mol. The van der Waals surface area contributed by atoms with E-state index in [-0.39, 0.29) is 0 Å². The Balaban J connectivity index is 2.06. The molecule has 0 heteroatoms. The maximum Gasteiger partial charge on any atom is -0.0102 e. The minimum Gasteiger partial charge on any atom is -0.0952 e. The van der Waals surface area contributed by atoms with E-state index >= 15 is 0 Å². The molecule has 0 atom stereocenters. The van der Waals surface area contributed by atoms with Crippen molar-refractivity contribution in [1.82, 2.24) is 0 Å². The van der Waals surface area contributed by atoms with Crippen LogP contribution in [0.5, 0.6) is 0 Å².